The molecule has 1 aromatic rings. The fraction of sp³-hybridized carbons (Fsp3) is 0.500. The quantitative estimate of drug-likeness (QED) is 0.746. The lowest BCUT2D eigenvalue weighted by Crippen LogP contribution is -2.54. The van der Waals surface area contributed by atoms with Crippen LogP contribution in [0.25, 0.3) is 0 Å². The van der Waals surface area contributed by atoms with Crippen LogP contribution in [-0.2, 0) is 0 Å². The van der Waals surface area contributed by atoms with Crippen LogP contribution in [0.1, 0.15) is 37.0 Å². The van der Waals surface area contributed by atoms with Gasteiger partial charge in [-0.3, -0.25) is 4.79 Å². The molecule has 0 saturated carbocycles. The summed E-state index contributed by atoms with van der Waals surface area (Å²) in [5.41, 5.74) is 0.501. The van der Waals surface area contributed by atoms with Crippen molar-refractivity contribution in [2.75, 3.05) is 0 Å². The van der Waals surface area contributed by atoms with E-state index >= 15 is 0 Å². The number of phenolic OH excluding ortho intramolecular Hbond substituents is 1. The topological polar surface area (TPSA) is 61.4 Å². The third-order valence-corrected chi connectivity index (χ3v) is 3.49. The maximum atomic E-state index is 12.0. The summed E-state index contributed by atoms with van der Waals surface area (Å²) in [6.07, 6.45) is 2.05. The molecule has 18 heavy (non-hydrogen) atoms. The number of hydrogen-bond donors (Lipinski definition) is 3. The Hall–Kier alpha value is -1.55. The zero-order valence-corrected chi connectivity index (χ0v) is 10.8. The molecule has 3 unspecified atom stereocenters. The average Bonchev–Trinajstić information content (AvgIpc) is 2.32. The molecular formula is C14H20N2O2. The first-order valence-electron chi connectivity index (χ1n) is 6.42. The number of rotatable bonds is 2. The van der Waals surface area contributed by atoms with Crippen molar-refractivity contribution in [3.63, 3.8) is 0 Å². The Kier molecular flexibility index (Phi) is 3.87. The van der Waals surface area contributed by atoms with Gasteiger partial charge in [0.2, 0.25) is 0 Å². The minimum atomic E-state index is -0.126. The van der Waals surface area contributed by atoms with E-state index in [2.05, 4.69) is 24.5 Å². The Morgan fingerprint density at radius 3 is 2.83 bits per heavy atom. The highest BCUT2D eigenvalue weighted by Crippen LogP contribution is 2.15. The monoisotopic (exact) mass is 248 g/mol. The zero-order chi connectivity index (χ0) is 13.1. The number of aromatic hydroxyl groups is 1. The fourth-order valence-electron chi connectivity index (χ4n) is 2.42. The summed E-state index contributed by atoms with van der Waals surface area (Å²) in [5.74, 6) is -0.00908. The van der Waals surface area contributed by atoms with Crippen LogP contribution in [0.3, 0.4) is 0 Å². The largest absolute Gasteiger partial charge is 0.508 e. The highest BCUT2D eigenvalue weighted by atomic mass is 16.3. The van der Waals surface area contributed by atoms with Crippen molar-refractivity contribution in [3.8, 4) is 5.75 Å². The van der Waals surface area contributed by atoms with Crippen molar-refractivity contribution in [3.05, 3.63) is 29.8 Å². The predicted octanol–water partition coefficient (Wildman–Crippen LogP) is 1.65. The second kappa shape index (κ2) is 5.40. The van der Waals surface area contributed by atoms with Crippen molar-refractivity contribution < 1.29 is 9.90 Å². The van der Waals surface area contributed by atoms with Gasteiger partial charge in [-0.05, 0) is 44.9 Å². The number of phenols is 1. The molecule has 98 valence electrons. The molecular weight excluding hydrogens is 228 g/mol. The molecule has 0 spiro atoms. The lowest BCUT2D eigenvalue weighted by atomic mass is 9.95. The summed E-state index contributed by atoms with van der Waals surface area (Å²) in [6, 6.07) is 7.36. The summed E-state index contributed by atoms with van der Waals surface area (Å²) < 4.78 is 0. The summed E-state index contributed by atoms with van der Waals surface area (Å²) >= 11 is 0. The molecule has 0 radical (unpaired) electrons. The van der Waals surface area contributed by atoms with Crippen LogP contribution in [0, 0.1) is 0 Å². The molecule has 3 atom stereocenters. The molecule has 0 aliphatic carbocycles. The lowest BCUT2D eigenvalue weighted by molar-refractivity contribution is 0.0914. The first-order chi connectivity index (χ1) is 8.56. The Morgan fingerprint density at radius 2 is 2.17 bits per heavy atom. The van der Waals surface area contributed by atoms with Crippen LogP contribution >= 0.6 is 0 Å². The van der Waals surface area contributed by atoms with Crippen molar-refractivity contribution in [2.45, 2.75) is 44.8 Å². The van der Waals surface area contributed by atoms with Gasteiger partial charge >= 0.3 is 0 Å². The van der Waals surface area contributed by atoms with E-state index in [1.807, 2.05) is 0 Å². The van der Waals surface area contributed by atoms with Gasteiger partial charge in [-0.15, -0.1) is 0 Å². The Bertz CT molecular complexity index is 434. The summed E-state index contributed by atoms with van der Waals surface area (Å²) in [4.78, 5) is 12.0. The number of benzene rings is 1. The molecule has 1 aliphatic heterocycles. The molecule has 3 N–H and O–H groups in total. The van der Waals surface area contributed by atoms with E-state index in [4.69, 9.17) is 0 Å². The normalized spacial score (nSPS) is 27.8. The highest BCUT2D eigenvalue weighted by molar-refractivity contribution is 5.94. The number of hydrogen-bond acceptors (Lipinski definition) is 3. The number of piperidine rings is 1. The van der Waals surface area contributed by atoms with E-state index in [1.165, 1.54) is 6.07 Å². The molecule has 1 heterocycles. The molecule has 0 bridgehead atoms. The van der Waals surface area contributed by atoms with E-state index in [-0.39, 0.29) is 23.7 Å². The smallest absolute Gasteiger partial charge is 0.251 e. The van der Waals surface area contributed by atoms with Gasteiger partial charge in [0.15, 0.2) is 0 Å². The van der Waals surface area contributed by atoms with E-state index in [0.717, 1.165) is 12.8 Å². The van der Waals surface area contributed by atoms with Crippen LogP contribution in [0.5, 0.6) is 5.75 Å². The lowest BCUT2D eigenvalue weighted by Gasteiger charge is -2.34. The average molecular weight is 248 g/mol. The van der Waals surface area contributed by atoms with Crippen LogP contribution in [0.15, 0.2) is 24.3 Å². The summed E-state index contributed by atoms with van der Waals surface area (Å²) in [7, 11) is 0. The van der Waals surface area contributed by atoms with Gasteiger partial charge in [-0.1, -0.05) is 6.07 Å². The van der Waals surface area contributed by atoms with Gasteiger partial charge in [-0.25, -0.2) is 0 Å². The SMILES string of the molecule is CC1CCC(NC(=O)c2cccc(O)c2)C(C)N1. The molecule has 1 fully saturated rings. The molecule has 4 nitrogen and oxygen atoms in total. The van der Waals surface area contributed by atoms with Crippen LogP contribution in [-0.4, -0.2) is 29.1 Å². The summed E-state index contributed by atoms with van der Waals surface area (Å²) in [5, 5.41) is 15.8. The van der Waals surface area contributed by atoms with Gasteiger partial charge in [0, 0.05) is 23.7 Å². The first-order valence-corrected chi connectivity index (χ1v) is 6.42. The molecule has 1 aliphatic rings. The van der Waals surface area contributed by atoms with Gasteiger partial charge in [0.25, 0.3) is 5.91 Å². The second-order valence-electron chi connectivity index (χ2n) is 5.06. The molecule has 1 amide bonds. The number of nitrogens with one attached hydrogen (secondary N) is 2. The van der Waals surface area contributed by atoms with Gasteiger partial charge < -0.3 is 15.7 Å². The third-order valence-electron chi connectivity index (χ3n) is 3.49. The van der Waals surface area contributed by atoms with Crippen LogP contribution < -0.4 is 10.6 Å². The van der Waals surface area contributed by atoms with Crippen molar-refractivity contribution in [2.24, 2.45) is 0 Å². The number of amides is 1. The molecule has 1 saturated heterocycles. The number of carbonyl (C=O) groups excluding carboxylic acids is 1. The fourth-order valence-corrected chi connectivity index (χ4v) is 2.42. The van der Waals surface area contributed by atoms with Gasteiger partial charge in [0.1, 0.15) is 5.75 Å². The van der Waals surface area contributed by atoms with Crippen molar-refractivity contribution >= 4 is 5.91 Å². The van der Waals surface area contributed by atoms with Crippen LogP contribution in [0.2, 0.25) is 0 Å². The Balaban J connectivity index is 1.99. The predicted molar refractivity (Wildman–Crippen MR) is 70.7 cm³/mol. The maximum Gasteiger partial charge on any atom is 0.251 e. The van der Waals surface area contributed by atoms with E-state index < -0.39 is 0 Å². The second-order valence-corrected chi connectivity index (χ2v) is 5.06. The molecule has 4 heteroatoms. The molecule has 0 aromatic heterocycles. The number of carbonyl (C=O) groups is 1. The standard InChI is InChI=1S/C14H20N2O2/c1-9-6-7-13(10(2)15-9)16-14(18)11-4-3-5-12(17)8-11/h3-5,8-10,13,15,17H,6-7H2,1-2H3,(H,16,18). The van der Waals surface area contributed by atoms with Crippen LogP contribution in [0.4, 0.5) is 0 Å². The van der Waals surface area contributed by atoms with Crippen molar-refractivity contribution in [1.29, 1.82) is 0 Å². The maximum absolute atomic E-state index is 12.0. The molecule has 2 rings (SSSR count). The minimum absolute atomic E-state index is 0.117. The minimum Gasteiger partial charge on any atom is -0.508 e. The zero-order valence-electron chi connectivity index (χ0n) is 10.8. The Labute approximate surface area is 107 Å². The third kappa shape index (κ3) is 3.01. The summed E-state index contributed by atoms with van der Waals surface area (Å²) in [6.45, 7) is 4.24. The first kappa shape index (κ1) is 12.9. The van der Waals surface area contributed by atoms with E-state index in [1.54, 1.807) is 18.2 Å². The highest BCUT2D eigenvalue weighted by Gasteiger charge is 2.26. The van der Waals surface area contributed by atoms with Gasteiger partial charge in [0.05, 0.1) is 0 Å². The van der Waals surface area contributed by atoms with E-state index in [0.29, 0.717) is 11.6 Å². The van der Waals surface area contributed by atoms with Gasteiger partial charge in [-0.2, -0.15) is 0 Å². The molecule has 1 aromatic carbocycles. The van der Waals surface area contributed by atoms with Crippen molar-refractivity contribution in [1.82, 2.24) is 10.6 Å². The van der Waals surface area contributed by atoms with E-state index in [9.17, 15) is 9.90 Å². The Morgan fingerprint density at radius 1 is 1.39 bits per heavy atom.